The Hall–Kier alpha value is -3.17. The van der Waals surface area contributed by atoms with E-state index in [1.54, 1.807) is 0 Å². The summed E-state index contributed by atoms with van der Waals surface area (Å²) in [5, 5.41) is 20.0. The van der Waals surface area contributed by atoms with E-state index in [4.69, 9.17) is 4.99 Å². The van der Waals surface area contributed by atoms with Gasteiger partial charge in [-0.15, -0.1) is 0 Å². The van der Waals surface area contributed by atoms with Crippen molar-refractivity contribution in [3.8, 4) is 12.1 Å². The fourth-order valence-electron chi connectivity index (χ4n) is 3.33. The highest BCUT2D eigenvalue weighted by Gasteiger charge is 2.47. The molecule has 0 N–H and O–H groups in total. The third-order valence-electron chi connectivity index (χ3n) is 4.76. The second-order valence-corrected chi connectivity index (χ2v) is 6.41. The molecule has 1 aliphatic carbocycles. The minimum Gasteiger partial charge on any atom is -0.250 e. The van der Waals surface area contributed by atoms with Crippen molar-refractivity contribution in [1.29, 1.82) is 10.5 Å². The van der Waals surface area contributed by atoms with Crippen LogP contribution in [-0.4, -0.2) is 5.71 Å². The normalized spacial score (nSPS) is 20.4. The fraction of sp³-hybridized carbons (Fsp3) is 0.227. The number of nitrogens with zero attached hydrogens (tertiary/aromatic N) is 3. The van der Waals surface area contributed by atoms with Crippen LogP contribution in [0.2, 0.25) is 0 Å². The van der Waals surface area contributed by atoms with E-state index < -0.39 is 5.41 Å². The number of benzene rings is 2. The molecule has 122 valence electrons. The molecule has 0 fully saturated rings. The van der Waals surface area contributed by atoms with Gasteiger partial charge in [-0.25, -0.2) is 0 Å². The average Bonchev–Trinajstić information content (AvgIpc) is 2.65. The molecule has 0 amide bonds. The third-order valence-corrected chi connectivity index (χ3v) is 4.76. The Morgan fingerprint density at radius 2 is 1.60 bits per heavy atom. The first-order valence-electron chi connectivity index (χ1n) is 8.31. The molecule has 0 saturated carbocycles. The van der Waals surface area contributed by atoms with Gasteiger partial charge < -0.3 is 0 Å². The highest BCUT2D eigenvalue weighted by atomic mass is 14.8. The molecule has 0 aromatic heterocycles. The van der Waals surface area contributed by atoms with E-state index in [1.165, 1.54) is 0 Å². The van der Waals surface area contributed by atoms with Crippen molar-refractivity contribution in [3.63, 3.8) is 0 Å². The van der Waals surface area contributed by atoms with Gasteiger partial charge in [-0.3, -0.25) is 4.99 Å². The number of allylic oxidation sites excluding steroid dienone is 2. The van der Waals surface area contributed by atoms with Crippen LogP contribution in [0.5, 0.6) is 0 Å². The molecule has 1 atom stereocenters. The molecule has 1 unspecified atom stereocenters. The zero-order chi connectivity index (χ0) is 17.9. The summed E-state index contributed by atoms with van der Waals surface area (Å²) in [6, 6.07) is 22.2. The Bertz CT molecular complexity index is 892. The van der Waals surface area contributed by atoms with Crippen LogP contribution in [-0.2, 0) is 0 Å². The zero-order valence-corrected chi connectivity index (χ0v) is 14.4. The first kappa shape index (κ1) is 16.7. The van der Waals surface area contributed by atoms with Gasteiger partial charge in [-0.2, -0.15) is 10.5 Å². The first-order chi connectivity index (χ1) is 12.1. The largest absolute Gasteiger partial charge is 0.250 e. The smallest absolute Gasteiger partial charge is 0.192 e. The lowest BCUT2D eigenvalue weighted by Gasteiger charge is -2.34. The van der Waals surface area contributed by atoms with Crippen molar-refractivity contribution in [3.05, 3.63) is 77.4 Å². The maximum Gasteiger partial charge on any atom is 0.192 e. The summed E-state index contributed by atoms with van der Waals surface area (Å²) < 4.78 is 0. The minimum atomic E-state index is -1.29. The summed E-state index contributed by atoms with van der Waals surface area (Å²) in [4.78, 5) is 4.71. The third kappa shape index (κ3) is 2.97. The van der Waals surface area contributed by atoms with E-state index in [2.05, 4.69) is 18.2 Å². The number of aryl methyl sites for hydroxylation is 1. The van der Waals surface area contributed by atoms with E-state index in [0.29, 0.717) is 12.1 Å². The lowest BCUT2D eigenvalue weighted by Crippen LogP contribution is -2.38. The first-order valence-corrected chi connectivity index (χ1v) is 8.31. The van der Waals surface area contributed by atoms with Gasteiger partial charge >= 0.3 is 0 Å². The molecular weight excluding hydrogens is 306 g/mol. The van der Waals surface area contributed by atoms with Crippen LogP contribution >= 0.6 is 0 Å². The second-order valence-electron chi connectivity index (χ2n) is 6.41. The molecule has 2 aromatic rings. The van der Waals surface area contributed by atoms with Gasteiger partial charge in [0.25, 0.3) is 0 Å². The second kappa shape index (κ2) is 6.75. The van der Waals surface area contributed by atoms with Gasteiger partial charge in [0.2, 0.25) is 0 Å². The Morgan fingerprint density at radius 1 is 0.960 bits per heavy atom. The molecule has 3 heteroatoms. The predicted octanol–water partition coefficient (Wildman–Crippen LogP) is 5.23. The van der Waals surface area contributed by atoms with Gasteiger partial charge in [0.15, 0.2) is 5.41 Å². The fourth-order valence-corrected chi connectivity index (χ4v) is 3.33. The van der Waals surface area contributed by atoms with Gasteiger partial charge in [-0.1, -0.05) is 54.1 Å². The van der Waals surface area contributed by atoms with Crippen LogP contribution < -0.4 is 0 Å². The Balaban J connectivity index is 2.17. The average molecular weight is 325 g/mol. The number of hydrogen-bond acceptors (Lipinski definition) is 3. The number of nitriles is 2. The summed E-state index contributed by atoms with van der Waals surface area (Å²) in [7, 11) is 0. The molecule has 25 heavy (non-hydrogen) atoms. The van der Waals surface area contributed by atoms with Crippen LogP contribution in [0.3, 0.4) is 0 Å². The summed E-state index contributed by atoms with van der Waals surface area (Å²) in [6.07, 6.45) is 2.74. The molecule has 0 spiro atoms. The molecule has 0 saturated heterocycles. The number of aliphatic imine (C=N–C) groups is 1. The lowest BCUT2D eigenvalue weighted by molar-refractivity contribution is 0.523. The minimum absolute atomic E-state index is 0.225. The van der Waals surface area contributed by atoms with Crippen molar-refractivity contribution in [1.82, 2.24) is 0 Å². The summed E-state index contributed by atoms with van der Waals surface area (Å²) >= 11 is 0. The standard InChI is InChI=1S/C22H19N3/c1-16-8-11-19(12-9-16)25-21-17(2)10-13-20(22(21,14-23)15-24)18-6-4-3-5-7-18/h3-12,20H,13H2,1-2H3. The van der Waals surface area contributed by atoms with Gasteiger partial charge in [0.05, 0.1) is 23.5 Å². The predicted molar refractivity (Wildman–Crippen MR) is 99.5 cm³/mol. The van der Waals surface area contributed by atoms with Crippen LogP contribution in [0.15, 0.2) is 71.2 Å². The summed E-state index contributed by atoms with van der Waals surface area (Å²) in [5.41, 5.74) is 3.07. The van der Waals surface area contributed by atoms with Crippen molar-refractivity contribution in [2.75, 3.05) is 0 Å². The van der Waals surface area contributed by atoms with Gasteiger partial charge in [-0.05, 0) is 43.5 Å². The molecule has 1 aliphatic rings. The van der Waals surface area contributed by atoms with E-state index in [1.807, 2.05) is 68.4 Å². The highest BCUT2D eigenvalue weighted by Crippen LogP contribution is 2.45. The molecule has 0 bridgehead atoms. The van der Waals surface area contributed by atoms with Crippen LogP contribution in [0.25, 0.3) is 0 Å². The molecular formula is C22H19N3. The summed E-state index contributed by atoms with van der Waals surface area (Å²) in [6.45, 7) is 3.95. The van der Waals surface area contributed by atoms with E-state index in [-0.39, 0.29) is 5.92 Å². The number of rotatable bonds is 2. The molecule has 3 rings (SSSR count). The van der Waals surface area contributed by atoms with Crippen molar-refractivity contribution >= 4 is 11.4 Å². The van der Waals surface area contributed by atoms with Crippen molar-refractivity contribution in [2.24, 2.45) is 10.4 Å². The van der Waals surface area contributed by atoms with E-state index in [0.717, 1.165) is 22.4 Å². The lowest BCUT2D eigenvalue weighted by atomic mass is 9.64. The van der Waals surface area contributed by atoms with E-state index in [9.17, 15) is 10.5 Å². The topological polar surface area (TPSA) is 59.9 Å². The molecule has 2 aromatic carbocycles. The molecule has 0 aliphatic heterocycles. The molecule has 0 radical (unpaired) electrons. The highest BCUT2D eigenvalue weighted by molar-refractivity contribution is 6.10. The monoisotopic (exact) mass is 325 g/mol. The van der Waals surface area contributed by atoms with Crippen LogP contribution in [0, 0.1) is 35.0 Å². The van der Waals surface area contributed by atoms with E-state index >= 15 is 0 Å². The van der Waals surface area contributed by atoms with Gasteiger partial charge in [0, 0.05) is 5.92 Å². The Labute approximate surface area is 148 Å². The Morgan fingerprint density at radius 3 is 2.20 bits per heavy atom. The maximum atomic E-state index is 10.0. The SMILES string of the molecule is CC1=CCC(c2ccccc2)C(C#N)(C#N)C1=Nc1ccc(C)cc1. The Kier molecular flexibility index (Phi) is 4.50. The van der Waals surface area contributed by atoms with Crippen molar-refractivity contribution < 1.29 is 0 Å². The zero-order valence-electron chi connectivity index (χ0n) is 14.4. The molecule has 3 nitrogen and oxygen atoms in total. The number of hydrogen-bond donors (Lipinski definition) is 0. The summed E-state index contributed by atoms with van der Waals surface area (Å²) in [5.74, 6) is -0.225. The molecule has 0 heterocycles. The van der Waals surface area contributed by atoms with Crippen molar-refractivity contribution in [2.45, 2.75) is 26.2 Å². The van der Waals surface area contributed by atoms with Crippen LogP contribution in [0.4, 0.5) is 5.69 Å². The van der Waals surface area contributed by atoms with Gasteiger partial charge in [0.1, 0.15) is 0 Å². The quantitative estimate of drug-likeness (QED) is 0.758. The van der Waals surface area contributed by atoms with Crippen LogP contribution in [0.1, 0.15) is 30.4 Å². The maximum absolute atomic E-state index is 10.0.